The van der Waals surface area contributed by atoms with Gasteiger partial charge in [0.1, 0.15) is 29.4 Å². The Hall–Kier alpha value is -3.38. The third-order valence-corrected chi connectivity index (χ3v) is 4.45. The predicted octanol–water partition coefficient (Wildman–Crippen LogP) is 5.53. The van der Waals surface area contributed by atoms with Gasteiger partial charge in [0.05, 0.1) is 29.2 Å². The molecule has 1 N–H and O–H groups in total. The van der Waals surface area contributed by atoms with Crippen LogP contribution in [0, 0.1) is 6.92 Å². The van der Waals surface area contributed by atoms with Crippen LogP contribution in [-0.4, -0.2) is 22.1 Å². The molecule has 2 aromatic carbocycles. The van der Waals surface area contributed by atoms with Crippen LogP contribution in [0.2, 0.25) is 5.02 Å². The van der Waals surface area contributed by atoms with Gasteiger partial charge in [0.25, 0.3) is 0 Å². The third-order valence-electron chi connectivity index (χ3n) is 4.15. The fourth-order valence-corrected chi connectivity index (χ4v) is 3.00. The van der Waals surface area contributed by atoms with E-state index in [0.29, 0.717) is 28.1 Å². The Labute approximate surface area is 167 Å². The topological polar surface area (TPSA) is 69.2 Å². The number of ether oxygens (including phenoxy) is 2. The van der Waals surface area contributed by atoms with Gasteiger partial charge in [-0.15, -0.1) is 0 Å². The molecule has 0 aliphatic carbocycles. The zero-order chi connectivity index (χ0) is 19.5. The quantitative estimate of drug-likeness (QED) is 0.481. The molecule has 140 valence electrons. The number of hydrogen-bond donors (Lipinski definition) is 1. The van der Waals surface area contributed by atoms with Crippen LogP contribution in [0.3, 0.4) is 0 Å². The molecule has 0 saturated heterocycles. The summed E-state index contributed by atoms with van der Waals surface area (Å²) in [6.07, 6.45) is 3.17. The lowest BCUT2D eigenvalue weighted by Gasteiger charge is -2.13. The minimum absolute atomic E-state index is 0.468. The Kier molecular flexibility index (Phi) is 4.95. The molecule has 0 atom stereocenters. The van der Waals surface area contributed by atoms with Crippen LogP contribution in [0.4, 0.5) is 11.5 Å². The molecule has 28 heavy (non-hydrogen) atoms. The molecular weight excluding hydrogens is 376 g/mol. The summed E-state index contributed by atoms with van der Waals surface area (Å²) in [6, 6.07) is 14.8. The molecule has 0 amide bonds. The van der Waals surface area contributed by atoms with E-state index in [1.54, 1.807) is 25.4 Å². The van der Waals surface area contributed by atoms with Crippen LogP contribution >= 0.6 is 11.6 Å². The molecule has 0 aliphatic rings. The van der Waals surface area contributed by atoms with Gasteiger partial charge in [-0.05, 0) is 49.4 Å². The van der Waals surface area contributed by atoms with Crippen molar-refractivity contribution in [2.75, 3.05) is 12.4 Å². The molecule has 0 aliphatic heterocycles. The number of fused-ring (bicyclic) bond motifs is 1. The summed E-state index contributed by atoms with van der Waals surface area (Å²) >= 11 is 6.41. The highest BCUT2D eigenvalue weighted by Crippen LogP contribution is 2.35. The van der Waals surface area contributed by atoms with Gasteiger partial charge >= 0.3 is 0 Å². The number of nitrogens with zero attached hydrogens (tertiary/aromatic N) is 3. The Balaban J connectivity index is 1.62. The Bertz CT molecular complexity index is 1130. The molecule has 0 saturated carbocycles. The van der Waals surface area contributed by atoms with Gasteiger partial charge in [-0.2, -0.15) is 0 Å². The lowest BCUT2D eigenvalue weighted by molar-refractivity contribution is 0.420. The van der Waals surface area contributed by atoms with Gasteiger partial charge in [0.2, 0.25) is 0 Å². The molecule has 2 heterocycles. The summed E-state index contributed by atoms with van der Waals surface area (Å²) in [4.78, 5) is 12.9. The molecule has 0 unspecified atom stereocenters. The third kappa shape index (κ3) is 3.68. The summed E-state index contributed by atoms with van der Waals surface area (Å²) in [6.45, 7) is 1.92. The molecule has 7 heteroatoms. The first-order valence-electron chi connectivity index (χ1n) is 8.59. The molecule has 6 nitrogen and oxygen atoms in total. The minimum atomic E-state index is 0.468. The average molecular weight is 393 g/mol. The Morgan fingerprint density at radius 1 is 0.964 bits per heavy atom. The number of halogens is 1. The molecule has 0 spiro atoms. The standard InChI is InChI=1S/C21H17ClN4O2/c1-13-6-8-15(11-23-13)28-18-9-7-14(10-16(18)22)26-21-20-17(24-12-25-21)4-3-5-19(20)27-2/h3-12H,1-2H3,(H,24,25,26). The van der Waals surface area contributed by atoms with Crippen molar-refractivity contribution in [3.63, 3.8) is 0 Å². The molecule has 4 rings (SSSR count). The highest BCUT2D eigenvalue weighted by Gasteiger charge is 2.11. The zero-order valence-corrected chi connectivity index (χ0v) is 16.1. The van der Waals surface area contributed by atoms with Crippen molar-refractivity contribution in [3.8, 4) is 17.2 Å². The summed E-state index contributed by atoms with van der Waals surface area (Å²) < 4.78 is 11.3. The van der Waals surface area contributed by atoms with Gasteiger partial charge in [-0.25, -0.2) is 9.97 Å². The van der Waals surface area contributed by atoms with Gasteiger partial charge < -0.3 is 14.8 Å². The summed E-state index contributed by atoms with van der Waals surface area (Å²) in [5.41, 5.74) is 2.48. The first kappa shape index (κ1) is 18.0. The number of rotatable bonds is 5. The van der Waals surface area contributed by atoms with E-state index in [2.05, 4.69) is 20.3 Å². The van der Waals surface area contributed by atoms with E-state index in [9.17, 15) is 0 Å². The van der Waals surface area contributed by atoms with Crippen molar-refractivity contribution in [3.05, 3.63) is 71.8 Å². The summed E-state index contributed by atoms with van der Waals surface area (Å²) in [5, 5.41) is 4.55. The maximum Gasteiger partial charge on any atom is 0.146 e. The van der Waals surface area contributed by atoms with E-state index in [-0.39, 0.29) is 0 Å². The minimum Gasteiger partial charge on any atom is -0.496 e. The van der Waals surface area contributed by atoms with Crippen molar-refractivity contribution in [2.24, 2.45) is 0 Å². The zero-order valence-electron chi connectivity index (χ0n) is 15.3. The molecule has 4 aromatic rings. The summed E-state index contributed by atoms with van der Waals surface area (Å²) in [5.74, 6) is 2.50. The predicted molar refractivity (Wildman–Crippen MR) is 110 cm³/mol. The number of methoxy groups -OCH3 is 1. The van der Waals surface area contributed by atoms with Crippen LogP contribution in [-0.2, 0) is 0 Å². The van der Waals surface area contributed by atoms with E-state index in [4.69, 9.17) is 21.1 Å². The van der Waals surface area contributed by atoms with Crippen LogP contribution < -0.4 is 14.8 Å². The normalized spacial score (nSPS) is 10.7. The van der Waals surface area contributed by atoms with Crippen molar-refractivity contribution in [2.45, 2.75) is 6.92 Å². The van der Waals surface area contributed by atoms with Crippen molar-refractivity contribution in [1.82, 2.24) is 15.0 Å². The fourth-order valence-electron chi connectivity index (χ4n) is 2.78. The first-order chi connectivity index (χ1) is 13.6. The molecular formula is C21H17ClN4O2. The monoisotopic (exact) mass is 392 g/mol. The highest BCUT2D eigenvalue weighted by atomic mass is 35.5. The van der Waals surface area contributed by atoms with E-state index >= 15 is 0 Å². The number of aromatic nitrogens is 3. The molecule has 0 bridgehead atoms. The number of benzene rings is 2. The second kappa shape index (κ2) is 7.70. The Morgan fingerprint density at radius 3 is 2.61 bits per heavy atom. The van der Waals surface area contributed by atoms with E-state index in [1.807, 2.05) is 43.3 Å². The molecule has 0 fully saturated rings. The number of aryl methyl sites for hydroxylation is 1. The number of pyridine rings is 1. The second-order valence-electron chi connectivity index (χ2n) is 6.08. The van der Waals surface area contributed by atoms with Crippen molar-refractivity contribution in [1.29, 1.82) is 0 Å². The lowest BCUT2D eigenvalue weighted by Crippen LogP contribution is -1.98. The average Bonchev–Trinajstić information content (AvgIpc) is 2.71. The number of anilines is 2. The Morgan fingerprint density at radius 2 is 1.86 bits per heavy atom. The van der Waals surface area contributed by atoms with E-state index < -0.39 is 0 Å². The van der Waals surface area contributed by atoms with Crippen LogP contribution in [0.5, 0.6) is 17.2 Å². The van der Waals surface area contributed by atoms with Gasteiger partial charge in [0.15, 0.2) is 0 Å². The van der Waals surface area contributed by atoms with Crippen molar-refractivity contribution < 1.29 is 9.47 Å². The van der Waals surface area contributed by atoms with Gasteiger partial charge in [0, 0.05) is 11.4 Å². The number of nitrogens with one attached hydrogen (secondary N) is 1. The van der Waals surface area contributed by atoms with Crippen LogP contribution in [0.1, 0.15) is 5.69 Å². The maximum absolute atomic E-state index is 6.41. The van der Waals surface area contributed by atoms with Crippen LogP contribution in [0.15, 0.2) is 61.1 Å². The van der Waals surface area contributed by atoms with Gasteiger partial charge in [-0.3, -0.25) is 4.98 Å². The lowest BCUT2D eigenvalue weighted by atomic mass is 10.2. The highest BCUT2D eigenvalue weighted by molar-refractivity contribution is 6.32. The number of hydrogen-bond acceptors (Lipinski definition) is 6. The van der Waals surface area contributed by atoms with E-state index in [1.165, 1.54) is 6.33 Å². The second-order valence-corrected chi connectivity index (χ2v) is 6.49. The largest absolute Gasteiger partial charge is 0.496 e. The smallest absolute Gasteiger partial charge is 0.146 e. The van der Waals surface area contributed by atoms with E-state index in [0.717, 1.165) is 22.3 Å². The molecule has 0 radical (unpaired) electrons. The van der Waals surface area contributed by atoms with Crippen LogP contribution in [0.25, 0.3) is 10.9 Å². The maximum atomic E-state index is 6.41. The SMILES string of the molecule is COc1cccc2ncnc(Nc3ccc(Oc4ccc(C)nc4)c(Cl)c3)c12. The fraction of sp³-hybridized carbons (Fsp3) is 0.0952. The van der Waals surface area contributed by atoms with Gasteiger partial charge in [-0.1, -0.05) is 17.7 Å². The molecule has 2 aromatic heterocycles. The van der Waals surface area contributed by atoms with Crippen molar-refractivity contribution >= 4 is 34.0 Å². The summed E-state index contributed by atoms with van der Waals surface area (Å²) in [7, 11) is 1.62. The first-order valence-corrected chi connectivity index (χ1v) is 8.96.